The molecule has 0 bridgehead atoms. The number of amides is 2. The Morgan fingerprint density at radius 2 is 1.82 bits per heavy atom. The molecular formula is C22H20FN3O2. The van der Waals surface area contributed by atoms with E-state index in [9.17, 15) is 19.2 Å². The van der Waals surface area contributed by atoms with E-state index in [1.165, 1.54) is 12.1 Å². The normalized spacial score (nSPS) is 20.8. The smallest absolute Gasteiger partial charge is 0.268 e. The van der Waals surface area contributed by atoms with E-state index >= 15 is 0 Å². The molecule has 1 heterocycles. The predicted octanol–water partition coefficient (Wildman–Crippen LogP) is 3.07. The highest BCUT2D eigenvalue weighted by molar-refractivity contribution is 6.11. The molecule has 5 nitrogen and oxygen atoms in total. The Morgan fingerprint density at radius 1 is 1.14 bits per heavy atom. The highest BCUT2D eigenvalue weighted by Gasteiger charge is 2.44. The molecule has 2 amide bonds. The summed E-state index contributed by atoms with van der Waals surface area (Å²) in [5.41, 5.74) is 1.31. The van der Waals surface area contributed by atoms with Gasteiger partial charge in [-0.15, -0.1) is 0 Å². The van der Waals surface area contributed by atoms with Gasteiger partial charge in [0, 0.05) is 6.42 Å². The van der Waals surface area contributed by atoms with Crippen LogP contribution in [0.1, 0.15) is 37.0 Å². The van der Waals surface area contributed by atoms with Crippen LogP contribution in [0.4, 0.5) is 4.39 Å². The quantitative estimate of drug-likeness (QED) is 0.804. The third kappa shape index (κ3) is 3.52. The Kier molecular flexibility index (Phi) is 5.27. The van der Waals surface area contributed by atoms with Gasteiger partial charge < -0.3 is 10.6 Å². The number of carbonyl (C=O) groups excluding carboxylic acids is 2. The van der Waals surface area contributed by atoms with Gasteiger partial charge in [0.1, 0.15) is 17.1 Å². The largest absolute Gasteiger partial charge is 0.336 e. The van der Waals surface area contributed by atoms with Gasteiger partial charge in [-0.1, -0.05) is 37.3 Å². The number of halogens is 1. The Bertz CT molecular complexity index is 1010. The number of carbonyl (C=O) groups is 2. The van der Waals surface area contributed by atoms with Crippen LogP contribution in [0.2, 0.25) is 0 Å². The third-order valence-electron chi connectivity index (χ3n) is 5.10. The standard InChI is InChI=1S/C22H20FN3O2/c1-3-22(12-15-8-10-17(23)11-9-15)21(28)25-19(20(27)26-22)14(2)18-7-5-4-6-16(18)13-24/h4-11H,3,12H2,1-2H3,(H,25,28)(H,26,27). The first-order chi connectivity index (χ1) is 13.4. The average molecular weight is 377 g/mol. The first kappa shape index (κ1) is 19.3. The van der Waals surface area contributed by atoms with E-state index in [1.807, 2.05) is 6.92 Å². The number of hydrogen-bond acceptors (Lipinski definition) is 3. The molecule has 1 aliphatic heterocycles. The van der Waals surface area contributed by atoms with Crippen LogP contribution in [0.15, 0.2) is 54.2 Å². The second-order valence-corrected chi connectivity index (χ2v) is 6.80. The van der Waals surface area contributed by atoms with Crippen LogP contribution in [0.25, 0.3) is 5.57 Å². The Labute approximate surface area is 162 Å². The minimum atomic E-state index is -1.12. The Morgan fingerprint density at radius 3 is 2.46 bits per heavy atom. The highest BCUT2D eigenvalue weighted by Crippen LogP contribution is 2.27. The van der Waals surface area contributed by atoms with E-state index in [-0.39, 0.29) is 23.8 Å². The number of piperazine rings is 1. The van der Waals surface area contributed by atoms with E-state index in [1.54, 1.807) is 43.3 Å². The predicted molar refractivity (Wildman–Crippen MR) is 103 cm³/mol. The van der Waals surface area contributed by atoms with Crippen LogP contribution in [-0.2, 0) is 16.0 Å². The second kappa shape index (κ2) is 7.65. The van der Waals surface area contributed by atoms with Crippen LogP contribution in [0, 0.1) is 17.1 Å². The number of nitriles is 1. The molecule has 2 N–H and O–H groups in total. The van der Waals surface area contributed by atoms with E-state index in [2.05, 4.69) is 16.7 Å². The fourth-order valence-corrected chi connectivity index (χ4v) is 3.38. The van der Waals surface area contributed by atoms with Crippen molar-refractivity contribution in [2.45, 2.75) is 32.2 Å². The molecule has 2 aromatic rings. The zero-order valence-corrected chi connectivity index (χ0v) is 15.7. The van der Waals surface area contributed by atoms with Crippen molar-refractivity contribution in [3.05, 3.63) is 76.7 Å². The summed E-state index contributed by atoms with van der Waals surface area (Å²) in [7, 11) is 0. The van der Waals surface area contributed by atoms with Gasteiger partial charge in [-0.3, -0.25) is 9.59 Å². The highest BCUT2D eigenvalue weighted by atomic mass is 19.1. The van der Waals surface area contributed by atoms with Crippen molar-refractivity contribution in [1.82, 2.24) is 10.6 Å². The average Bonchev–Trinajstić information content (AvgIpc) is 2.71. The zero-order valence-electron chi connectivity index (χ0n) is 15.7. The number of allylic oxidation sites excluding steroid dienone is 1. The molecule has 1 aliphatic rings. The molecule has 28 heavy (non-hydrogen) atoms. The lowest BCUT2D eigenvalue weighted by atomic mass is 9.84. The van der Waals surface area contributed by atoms with Gasteiger partial charge in [-0.2, -0.15) is 5.26 Å². The van der Waals surface area contributed by atoms with Crippen molar-refractivity contribution >= 4 is 17.4 Å². The molecule has 1 fully saturated rings. The van der Waals surface area contributed by atoms with E-state index in [0.29, 0.717) is 23.1 Å². The lowest BCUT2D eigenvalue weighted by Gasteiger charge is -2.37. The van der Waals surface area contributed by atoms with Gasteiger partial charge in [-0.05, 0) is 48.2 Å². The maximum absolute atomic E-state index is 13.2. The van der Waals surface area contributed by atoms with Crippen LogP contribution in [0.5, 0.6) is 0 Å². The summed E-state index contributed by atoms with van der Waals surface area (Å²) >= 11 is 0. The molecule has 0 aliphatic carbocycles. The molecule has 0 saturated carbocycles. The Hall–Kier alpha value is -3.46. The van der Waals surface area contributed by atoms with Crippen molar-refractivity contribution in [2.24, 2.45) is 0 Å². The number of hydrogen-bond donors (Lipinski definition) is 2. The molecule has 2 aromatic carbocycles. The molecule has 3 rings (SSSR count). The summed E-state index contributed by atoms with van der Waals surface area (Å²) in [6, 6.07) is 14.9. The fourth-order valence-electron chi connectivity index (χ4n) is 3.38. The molecule has 0 radical (unpaired) electrons. The zero-order chi connectivity index (χ0) is 20.3. The molecule has 1 unspecified atom stereocenters. The van der Waals surface area contributed by atoms with Gasteiger partial charge >= 0.3 is 0 Å². The third-order valence-corrected chi connectivity index (χ3v) is 5.10. The number of benzene rings is 2. The van der Waals surface area contributed by atoms with Crippen LogP contribution >= 0.6 is 0 Å². The van der Waals surface area contributed by atoms with Gasteiger partial charge in [0.15, 0.2) is 0 Å². The molecule has 1 atom stereocenters. The van der Waals surface area contributed by atoms with Crippen LogP contribution < -0.4 is 10.6 Å². The van der Waals surface area contributed by atoms with Crippen molar-refractivity contribution in [2.75, 3.05) is 0 Å². The number of nitrogens with one attached hydrogen (secondary N) is 2. The molecular weight excluding hydrogens is 357 g/mol. The lowest BCUT2D eigenvalue weighted by Crippen LogP contribution is -2.65. The fraction of sp³-hybridized carbons (Fsp3) is 0.227. The summed E-state index contributed by atoms with van der Waals surface area (Å²) in [5, 5.41) is 14.9. The maximum atomic E-state index is 13.2. The van der Waals surface area contributed by atoms with Gasteiger partial charge in [0.25, 0.3) is 11.8 Å². The molecule has 0 aromatic heterocycles. The van der Waals surface area contributed by atoms with Gasteiger partial charge in [-0.25, -0.2) is 4.39 Å². The summed E-state index contributed by atoms with van der Waals surface area (Å²) < 4.78 is 13.2. The van der Waals surface area contributed by atoms with Crippen LogP contribution in [-0.4, -0.2) is 17.4 Å². The van der Waals surface area contributed by atoms with E-state index < -0.39 is 11.4 Å². The van der Waals surface area contributed by atoms with Gasteiger partial charge in [0.05, 0.1) is 11.6 Å². The van der Waals surface area contributed by atoms with Crippen molar-refractivity contribution < 1.29 is 14.0 Å². The molecule has 6 heteroatoms. The van der Waals surface area contributed by atoms with E-state index in [4.69, 9.17) is 0 Å². The van der Waals surface area contributed by atoms with Gasteiger partial charge in [0.2, 0.25) is 0 Å². The van der Waals surface area contributed by atoms with Crippen molar-refractivity contribution in [3.8, 4) is 6.07 Å². The topological polar surface area (TPSA) is 82.0 Å². The second-order valence-electron chi connectivity index (χ2n) is 6.80. The van der Waals surface area contributed by atoms with Crippen molar-refractivity contribution in [1.29, 1.82) is 5.26 Å². The summed E-state index contributed by atoms with van der Waals surface area (Å²) in [6.45, 7) is 3.51. The number of rotatable bonds is 4. The molecule has 0 spiro atoms. The molecule has 142 valence electrons. The Balaban J connectivity index is 1.94. The summed E-state index contributed by atoms with van der Waals surface area (Å²) in [4.78, 5) is 25.8. The molecule has 1 saturated heterocycles. The minimum absolute atomic E-state index is 0.135. The summed E-state index contributed by atoms with van der Waals surface area (Å²) in [5.74, 6) is -1.10. The maximum Gasteiger partial charge on any atom is 0.268 e. The monoisotopic (exact) mass is 377 g/mol. The SMILES string of the molecule is CCC1(Cc2ccc(F)cc2)NC(=O)C(=C(C)c2ccccc2C#N)NC1=O. The van der Waals surface area contributed by atoms with Crippen molar-refractivity contribution in [3.63, 3.8) is 0 Å². The first-order valence-corrected chi connectivity index (χ1v) is 8.99. The van der Waals surface area contributed by atoms with E-state index in [0.717, 1.165) is 5.56 Å². The first-order valence-electron chi connectivity index (χ1n) is 8.99. The number of nitrogens with zero attached hydrogens (tertiary/aromatic N) is 1. The minimum Gasteiger partial charge on any atom is -0.336 e. The lowest BCUT2D eigenvalue weighted by molar-refractivity contribution is -0.136. The van der Waals surface area contributed by atoms with Crippen LogP contribution in [0.3, 0.4) is 0 Å². The summed E-state index contributed by atoms with van der Waals surface area (Å²) in [6.07, 6.45) is 0.630.